The third kappa shape index (κ3) is 1.79. The molecule has 0 spiro atoms. The molecule has 1 aliphatic rings. The van der Waals surface area contributed by atoms with E-state index >= 15 is 0 Å². The maximum absolute atomic E-state index is 6.24. The topological polar surface area (TPSA) is 36.9 Å². The van der Waals surface area contributed by atoms with Crippen LogP contribution in [0, 0.1) is 0 Å². The zero-order valence-corrected chi connectivity index (χ0v) is 12.0. The van der Waals surface area contributed by atoms with Gasteiger partial charge >= 0.3 is 0 Å². The number of aryl methyl sites for hydroxylation is 1. The minimum atomic E-state index is 0.766. The lowest BCUT2D eigenvalue weighted by Gasteiger charge is -2.29. The molecule has 0 bridgehead atoms. The van der Waals surface area contributed by atoms with Crippen molar-refractivity contribution in [2.75, 3.05) is 11.4 Å². The highest BCUT2D eigenvalue weighted by atomic mass is 35.5. The quantitative estimate of drug-likeness (QED) is 0.746. The van der Waals surface area contributed by atoms with E-state index in [2.05, 4.69) is 27.2 Å². The lowest BCUT2D eigenvalue weighted by Crippen LogP contribution is -2.30. The monoisotopic (exact) mass is 286 g/mol. The molecule has 0 saturated carbocycles. The number of rotatable bonds is 1. The average molecular weight is 287 g/mol. The summed E-state index contributed by atoms with van der Waals surface area (Å²) in [6.45, 7) is 1.84. The van der Waals surface area contributed by atoms with Gasteiger partial charge in [0.05, 0.1) is 12.2 Å². The van der Waals surface area contributed by atoms with Crippen molar-refractivity contribution in [3.63, 3.8) is 0 Å². The number of hydrogen-bond acceptors (Lipinski definition) is 2. The second-order valence-electron chi connectivity index (χ2n) is 5.31. The van der Waals surface area contributed by atoms with E-state index in [0.29, 0.717) is 0 Å². The molecule has 4 nitrogen and oxygen atoms in total. The number of hydrogen-bond donors (Lipinski definition) is 1. The largest absolute Gasteiger partial charge is 0.365 e. The number of nitrogens with zero attached hydrogens (tertiary/aromatic N) is 3. The van der Waals surface area contributed by atoms with E-state index in [-0.39, 0.29) is 0 Å². The molecule has 0 radical (unpaired) electrons. The van der Waals surface area contributed by atoms with E-state index in [9.17, 15) is 0 Å². The van der Waals surface area contributed by atoms with Crippen LogP contribution < -0.4 is 4.90 Å². The second-order valence-corrected chi connectivity index (χ2v) is 5.75. The van der Waals surface area contributed by atoms with Gasteiger partial charge in [0.1, 0.15) is 0 Å². The molecule has 0 saturated heterocycles. The van der Waals surface area contributed by atoms with Crippen LogP contribution in [-0.4, -0.2) is 21.3 Å². The summed E-state index contributed by atoms with van der Waals surface area (Å²) < 4.78 is 1.90. The van der Waals surface area contributed by atoms with Crippen LogP contribution in [0.15, 0.2) is 30.6 Å². The summed E-state index contributed by atoms with van der Waals surface area (Å²) in [7, 11) is 1.98. The Hall–Kier alpha value is -1.94. The molecular formula is C15H15ClN4. The van der Waals surface area contributed by atoms with E-state index in [1.54, 1.807) is 0 Å². The molecule has 0 amide bonds. The molecular weight excluding hydrogens is 272 g/mol. The fraction of sp³-hybridized carbons (Fsp3) is 0.267. The van der Waals surface area contributed by atoms with Crippen LogP contribution in [0.25, 0.3) is 10.9 Å². The van der Waals surface area contributed by atoms with Gasteiger partial charge in [-0.1, -0.05) is 11.6 Å². The third-order valence-corrected chi connectivity index (χ3v) is 4.15. The minimum Gasteiger partial charge on any atom is -0.365 e. The number of H-pyrrole nitrogens is 1. The smallest absolute Gasteiger partial charge is 0.0850 e. The van der Waals surface area contributed by atoms with Gasteiger partial charge in [-0.05, 0) is 30.2 Å². The van der Waals surface area contributed by atoms with Crippen LogP contribution in [0.4, 0.5) is 5.69 Å². The maximum Gasteiger partial charge on any atom is 0.0850 e. The molecule has 4 rings (SSSR count). The normalized spacial score (nSPS) is 14.8. The Balaban J connectivity index is 1.79. The van der Waals surface area contributed by atoms with E-state index < -0.39 is 0 Å². The molecule has 102 valence electrons. The van der Waals surface area contributed by atoms with Crippen molar-refractivity contribution < 1.29 is 0 Å². The van der Waals surface area contributed by atoms with Crippen LogP contribution in [0.3, 0.4) is 0 Å². The number of benzene rings is 1. The first kappa shape index (κ1) is 11.9. The lowest BCUT2D eigenvalue weighted by molar-refractivity contribution is 0.697. The van der Waals surface area contributed by atoms with Crippen molar-refractivity contribution in [3.8, 4) is 0 Å². The van der Waals surface area contributed by atoms with Crippen molar-refractivity contribution in [2.45, 2.75) is 13.0 Å². The lowest BCUT2D eigenvalue weighted by atomic mass is 10.1. The van der Waals surface area contributed by atoms with Crippen molar-refractivity contribution in [1.82, 2.24) is 14.8 Å². The highest BCUT2D eigenvalue weighted by Crippen LogP contribution is 2.33. The van der Waals surface area contributed by atoms with Crippen molar-refractivity contribution in [2.24, 2.45) is 7.05 Å². The van der Waals surface area contributed by atoms with E-state index in [1.807, 2.05) is 30.1 Å². The Bertz CT molecular complexity index is 786. The van der Waals surface area contributed by atoms with Crippen LogP contribution in [0.5, 0.6) is 0 Å². The van der Waals surface area contributed by atoms with Crippen molar-refractivity contribution in [3.05, 3.63) is 46.9 Å². The van der Waals surface area contributed by atoms with Gasteiger partial charge < -0.3 is 9.88 Å². The molecule has 1 N–H and O–H groups in total. The first-order valence-corrected chi connectivity index (χ1v) is 7.11. The zero-order chi connectivity index (χ0) is 13.7. The van der Waals surface area contributed by atoms with Crippen molar-refractivity contribution >= 4 is 28.2 Å². The number of fused-ring (bicyclic) bond motifs is 2. The zero-order valence-electron chi connectivity index (χ0n) is 11.2. The van der Waals surface area contributed by atoms with Crippen LogP contribution in [0.2, 0.25) is 5.02 Å². The molecule has 3 heterocycles. The molecule has 1 aromatic carbocycles. The number of anilines is 1. The first-order chi connectivity index (χ1) is 9.70. The second kappa shape index (κ2) is 4.28. The Kier molecular flexibility index (Phi) is 2.54. The predicted octanol–water partition coefficient (Wildman–Crippen LogP) is 3.12. The van der Waals surface area contributed by atoms with Gasteiger partial charge in [0.2, 0.25) is 0 Å². The van der Waals surface area contributed by atoms with Crippen LogP contribution >= 0.6 is 11.6 Å². The van der Waals surface area contributed by atoms with E-state index in [1.165, 1.54) is 22.3 Å². The number of halogens is 1. The maximum atomic E-state index is 6.24. The fourth-order valence-electron chi connectivity index (χ4n) is 3.02. The average Bonchev–Trinajstić information content (AvgIpc) is 3.01. The fourth-order valence-corrected chi connectivity index (χ4v) is 3.23. The van der Waals surface area contributed by atoms with Crippen LogP contribution in [0.1, 0.15) is 11.3 Å². The Morgan fingerprint density at radius 3 is 3.15 bits per heavy atom. The van der Waals surface area contributed by atoms with Crippen LogP contribution in [-0.2, 0) is 20.0 Å². The summed E-state index contributed by atoms with van der Waals surface area (Å²) in [5.74, 6) is 0. The molecule has 2 aromatic heterocycles. The standard InChI is InChI=1S/C15H15ClN4/c1-19-8-10-3-5-20(9-14(10)18-19)15-7-11(16)6-13-12(15)2-4-17-13/h2,4,6-8,17H,3,5,9H2,1H3. The predicted molar refractivity (Wildman–Crippen MR) is 81.3 cm³/mol. The summed E-state index contributed by atoms with van der Waals surface area (Å²) >= 11 is 6.24. The minimum absolute atomic E-state index is 0.766. The number of aromatic nitrogens is 3. The third-order valence-electron chi connectivity index (χ3n) is 3.94. The van der Waals surface area contributed by atoms with Gasteiger partial charge in [-0.3, -0.25) is 4.68 Å². The van der Waals surface area contributed by atoms with Gasteiger partial charge in [0.15, 0.2) is 0 Å². The summed E-state index contributed by atoms with van der Waals surface area (Å²) in [4.78, 5) is 5.59. The summed E-state index contributed by atoms with van der Waals surface area (Å²) in [5.41, 5.74) is 4.79. The van der Waals surface area contributed by atoms with Gasteiger partial charge in [-0.2, -0.15) is 5.10 Å². The Labute approximate surface area is 122 Å². The number of aromatic amines is 1. The van der Waals surface area contributed by atoms with Gasteiger partial charge in [-0.15, -0.1) is 0 Å². The van der Waals surface area contributed by atoms with Gasteiger partial charge in [0, 0.05) is 47.6 Å². The molecule has 0 fully saturated rings. The van der Waals surface area contributed by atoms with Crippen molar-refractivity contribution in [1.29, 1.82) is 0 Å². The van der Waals surface area contributed by atoms with E-state index in [4.69, 9.17) is 11.6 Å². The summed E-state index contributed by atoms with van der Waals surface area (Å²) in [6, 6.07) is 6.12. The first-order valence-electron chi connectivity index (χ1n) is 6.74. The Morgan fingerprint density at radius 1 is 1.35 bits per heavy atom. The molecule has 0 aliphatic carbocycles. The highest BCUT2D eigenvalue weighted by Gasteiger charge is 2.21. The highest BCUT2D eigenvalue weighted by molar-refractivity contribution is 6.31. The molecule has 5 heteroatoms. The van der Waals surface area contributed by atoms with Gasteiger partial charge in [0.25, 0.3) is 0 Å². The summed E-state index contributed by atoms with van der Waals surface area (Å²) in [5, 5.41) is 6.53. The molecule has 3 aromatic rings. The summed E-state index contributed by atoms with van der Waals surface area (Å²) in [6.07, 6.45) is 5.11. The Morgan fingerprint density at radius 2 is 2.25 bits per heavy atom. The molecule has 20 heavy (non-hydrogen) atoms. The molecule has 0 atom stereocenters. The molecule has 1 aliphatic heterocycles. The van der Waals surface area contributed by atoms with E-state index in [0.717, 1.165) is 30.0 Å². The molecule has 0 unspecified atom stereocenters. The van der Waals surface area contributed by atoms with Gasteiger partial charge in [-0.25, -0.2) is 0 Å². The SMILES string of the molecule is Cn1cc2c(n1)CN(c1cc(Cl)cc3[nH]ccc13)CC2. The number of nitrogens with one attached hydrogen (secondary N) is 1.